The molecule has 0 aromatic rings. The molecule has 2 heteroatoms. The van der Waals surface area contributed by atoms with Gasteiger partial charge in [-0.1, -0.05) is 32.8 Å². The molecule has 76 valence electrons. The van der Waals surface area contributed by atoms with Crippen molar-refractivity contribution in [3.63, 3.8) is 0 Å². The molecule has 0 aliphatic carbocycles. The Morgan fingerprint density at radius 2 is 2.08 bits per heavy atom. The number of methoxy groups -OCH3 is 1. The average molecular weight is 184 g/mol. The summed E-state index contributed by atoms with van der Waals surface area (Å²) in [6.07, 6.45) is 8.02. The third kappa shape index (κ3) is 9.12. The van der Waals surface area contributed by atoms with Gasteiger partial charge in [0.15, 0.2) is 0 Å². The second-order valence-corrected chi connectivity index (χ2v) is 3.60. The van der Waals surface area contributed by atoms with E-state index in [0.29, 0.717) is 0 Å². The molecule has 0 spiro atoms. The Morgan fingerprint density at radius 1 is 1.38 bits per heavy atom. The molecule has 0 unspecified atom stereocenters. The first kappa shape index (κ1) is 12.2. The Morgan fingerprint density at radius 3 is 2.62 bits per heavy atom. The SMILES string of the molecule is COC(=O)C=CCCCCC(C)C. The van der Waals surface area contributed by atoms with Gasteiger partial charge in [-0.05, 0) is 18.8 Å². The summed E-state index contributed by atoms with van der Waals surface area (Å²) in [7, 11) is 1.39. The summed E-state index contributed by atoms with van der Waals surface area (Å²) < 4.78 is 4.47. The predicted molar refractivity (Wildman–Crippen MR) is 54.5 cm³/mol. The minimum absolute atomic E-state index is 0.260. The number of hydrogen-bond donors (Lipinski definition) is 0. The highest BCUT2D eigenvalue weighted by Crippen LogP contribution is 2.08. The van der Waals surface area contributed by atoms with Crippen LogP contribution >= 0.6 is 0 Å². The van der Waals surface area contributed by atoms with Crippen molar-refractivity contribution < 1.29 is 9.53 Å². The standard InChI is InChI=1S/C11H20O2/c1-10(2)8-6-4-5-7-9-11(12)13-3/h7,9-10H,4-6,8H2,1-3H3. The highest BCUT2D eigenvalue weighted by atomic mass is 16.5. The molecule has 0 rings (SSSR count). The number of ether oxygens (including phenoxy) is 1. The van der Waals surface area contributed by atoms with Gasteiger partial charge < -0.3 is 4.74 Å². The van der Waals surface area contributed by atoms with E-state index in [-0.39, 0.29) is 5.97 Å². The summed E-state index contributed by atoms with van der Waals surface area (Å²) in [6, 6.07) is 0. The summed E-state index contributed by atoms with van der Waals surface area (Å²) in [4.78, 5) is 10.6. The molecule has 0 amide bonds. The molecule has 0 radical (unpaired) electrons. The Balaban J connectivity index is 3.25. The number of rotatable bonds is 6. The number of allylic oxidation sites excluding steroid dienone is 1. The maximum absolute atomic E-state index is 10.6. The summed E-state index contributed by atoms with van der Waals surface area (Å²) in [5, 5.41) is 0. The number of carbonyl (C=O) groups is 1. The van der Waals surface area contributed by atoms with Crippen molar-refractivity contribution in [3.8, 4) is 0 Å². The zero-order valence-corrected chi connectivity index (χ0v) is 8.88. The normalized spacial score (nSPS) is 11.1. The predicted octanol–water partition coefficient (Wildman–Crippen LogP) is 2.93. The van der Waals surface area contributed by atoms with Gasteiger partial charge in [-0.2, -0.15) is 0 Å². The van der Waals surface area contributed by atoms with E-state index < -0.39 is 0 Å². The number of esters is 1. The lowest BCUT2D eigenvalue weighted by molar-refractivity contribution is -0.134. The molecule has 0 heterocycles. The fourth-order valence-electron chi connectivity index (χ4n) is 1.06. The molecule has 0 N–H and O–H groups in total. The van der Waals surface area contributed by atoms with Crippen LogP contribution in [-0.2, 0) is 9.53 Å². The van der Waals surface area contributed by atoms with Crippen molar-refractivity contribution in [2.24, 2.45) is 5.92 Å². The van der Waals surface area contributed by atoms with E-state index in [2.05, 4.69) is 18.6 Å². The van der Waals surface area contributed by atoms with Gasteiger partial charge in [0.25, 0.3) is 0 Å². The van der Waals surface area contributed by atoms with Crippen molar-refractivity contribution in [2.75, 3.05) is 7.11 Å². The summed E-state index contributed by atoms with van der Waals surface area (Å²) in [5.74, 6) is 0.522. The quantitative estimate of drug-likeness (QED) is 0.360. The van der Waals surface area contributed by atoms with Crippen LogP contribution in [0.2, 0.25) is 0 Å². The van der Waals surface area contributed by atoms with Crippen molar-refractivity contribution in [3.05, 3.63) is 12.2 Å². The highest BCUT2D eigenvalue weighted by molar-refractivity contribution is 5.81. The fraction of sp³-hybridized carbons (Fsp3) is 0.727. The van der Waals surface area contributed by atoms with Gasteiger partial charge in [0, 0.05) is 6.08 Å². The van der Waals surface area contributed by atoms with E-state index in [1.54, 1.807) is 0 Å². The van der Waals surface area contributed by atoms with Gasteiger partial charge in [0.2, 0.25) is 0 Å². The molecule has 0 saturated heterocycles. The summed E-state index contributed by atoms with van der Waals surface area (Å²) >= 11 is 0. The van der Waals surface area contributed by atoms with Gasteiger partial charge in [0.1, 0.15) is 0 Å². The molecule has 0 atom stereocenters. The molecule has 0 fully saturated rings. The van der Waals surface area contributed by atoms with Crippen LogP contribution in [0.1, 0.15) is 39.5 Å². The van der Waals surface area contributed by atoms with E-state index >= 15 is 0 Å². The number of carbonyl (C=O) groups excluding carboxylic acids is 1. The molecular weight excluding hydrogens is 164 g/mol. The van der Waals surface area contributed by atoms with Crippen LogP contribution < -0.4 is 0 Å². The maximum Gasteiger partial charge on any atom is 0.330 e. The lowest BCUT2D eigenvalue weighted by atomic mass is 10.1. The third-order valence-corrected chi connectivity index (χ3v) is 1.86. The molecule has 0 aliphatic rings. The van der Waals surface area contributed by atoms with Gasteiger partial charge in [-0.25, -0.2) is 4.79 Å². The van der Waals surface area contributed by atoms with Gasteiger partial charge in [0.05, 0.1) is 7.11 Å². The molecule has 0 aromatic heterocycles. The smallest absolute Gasteiger partial charge is 0.330 e. The molecule has 13 heavy (non-hydrogen) atoms. The van der Waals surface area contributed by atoms with Crippen molar-refractivity contribution >= 4 is 5.97 Å². The minimum Gasteiger partial charge on any atom is -0.466 e. The molecule has 0 saturated carbocycles. The Kier molecular flexibility index (Phi) is 7.36. The average Bonchev–Trinajstić information content (AvgIpc) is 2.10. The molecule has 2 nitrogen and oxygen atoms in total. The van der Waals surface area contributed by atoms with Crippen LogP contribution in [-0.4, -0.2) is 13.1 Å². The van der Waals surface area contributed by atoms with Gasteiger partial charge in [-0.3, -0.25) is 0 Å². The molecule has 0 aliphatic heterocycles. The van der Waals surface area contributed by atoms with Crippen LogP contribution in [0.15, 0.2) is 12.2 Å². The van der Waals surface area contributed by atoms with Crippen LogP contribution in [0.3, 0.4) is 0 Å². The second-order valence-electron chi connectivity index (χ2n) is 3.60. The van der Waals surface area contributed by atoms with Crippen LogP contribution in [0.5, 0.6) is 0 Å². The van der Waals surface area contributed by atoms with Crippen LogP contribution in [0.4, 0.5) is 0 Å². The second kappa shape index (κ2) is 7.84. The van der Waals surface area contributed by atoms with Gasteiger partial charge >= 0.3 is 5.97 Å². The largest absolute Gasteiger partial charge is 0.466 e. The molecule has 0 aromatic carbocycles. The summed E-state index contributed by atoms with van der Waals surface area (Å²) in [6.45, 7) is 4.45. The Labute approximate surface area is 81.0 Å². The van der Waals surface area contributed by atoms with Crippen molar-refractivity contribution in [2.45, 2.75) is 39.5 Å². The third-order valence-electron chi connectivity index (χ3n) is 1.86. The van der Waals surface area contributed by atoms with Crippen molar-refractivity contribution in [1.29, 1.82) is 0 Å². The first-order valence-corrected chi connectivity index (χ1v) is 4.91. The first-order valence-electron chi connectivity index (χ1n) is 4.91. The van der Waals surface area contributed by atoms with E-state index in [4.69, 9.17) is 0 Å². The van der Waals surface area contributed by atoms with E-state index in [0.717, 1.165) is 18.8 Å². The van der Waals surface area contributed by atoms with Crippen molar-refractivity contribution in [1.82, 2.24) is 0 Å². The monoisotopic (exact) mass is 184 g/mol. The lowest BCUT2D eigenvalue weighted by Crippen LogP contribution is -1.93. The zero-order chi connectivity index (χ0) is 10.1. The Bertz CT molecular complexity index is 159. The maximum atomic E-state index is 10.6. The molecule has 0 bridgehead atoms. The first-order chi connectivity index (χ1) is 6.16. The minimum atomic E-state index is -0.260. The van der Waals surface area contributed by atoms with E-state index in [1.807, 2.05) is 6.08 Å². The van der Waals surface area contributed by atoms with Gasteiger partial charge in [-0.15, -0.1) is 0 Å². The van der Waals surface area contributed by atoms with E-state index in [1.165, 1.54) is 26.0 Å². The van der Waals surface area contributed by atoms with Crippen LogP contribution in [0, 0.1) is 5.92 Å². The van der Waals surface area contributed by atoms with E-state index in [9.17, 15) is 4.79 Å². The number of hydrogen-bond acceptors (Lipinski definition) is 2. The summed E-state index contributed by atoms with van der Waals surface area (Å²) in [5.41, 5.74) is 0. The lowest BCUT2D eigenvalue weighted by Gasteiger charge is -2.01. The molecular formula is C11H20O2. The fourth-order valence-corrected chi connectivity index (χ4v) is 1.06. The zero-order valence-electron chi connectivity index (χ0n) is 8.88. The number of unbranched alkanes of at least 4 members (excludes halogenated alkanes) is 2. The Hall–Kier alpha value is -0.790. The topological polar surface area (TPSA) is 26.3 Å². The highest BCUT2D eigenvalue weighted by Gasteiger charge is 1.93. The van der Waals surface area contributed by atoms with Crippen LogP contribution in [0.25, 0.3) is 0 Å².